The number of Topliss-reactive ketones (excluding diaryl/α,β-unsaturated/α-hetero) is 1. The average molecular weight is 452 g/mol. The first kappa shape index (κ1) is 21.8. The lowest BCUT2D eigenvalue weighted by atomic mass is 10.1. The first-order chi connectivity index (χ1) is 14.8. The van der Waals surface area contributed by atoms with Gasteiger partial charge in [-0.15, -0.1) is 11.3 Å². The normalized spacial score (nSPS) is 17.8. The first-order valence-electron chi connectivity index (χ1n) is 10.4. The molecule has 1 saturated heterocycles. The van der Waals surface area contributed by atoms with Gasteiger partial charge in [-0.05, 0) is 37.1 Å². The van der Waals surface area contributed by atoms with Crippen LogP contribution in [0, 0.1) is 0 Å². The van der Waals surface area contributed by atoms with Crippen LogP contribution < -0.4 is 10.2 Å². The topological polar surface area (TPSA) is 52.7 Å². The first-order valence-corrected chi connectivity index (χ1v) is 11.2. The van der Waals surface area contributed by atoms with Gasteiger partial charge in [-0.1, -0.05) is 6.07 Å². The van der Waals surface area contributed by atoms with Gasteiger partial charge in [0, 0.05) is 56.1 Å². The Morgan fingerprint density at radius 3 is 2.61 bits per heavy atom. The molecule has 4 rings (SSSR count). The van der Waals surface area contributed by atoms with E-state index >= 15 is 0 Å². The number of thiophene rings is 1. The summed E-state index contributed by atoms with van der Waals surface area (Å²) in [4.78, 5) is 30.2. The second-order valence-electron chi connectivity index (χ2n) is 7.90. The van der Waals surface area contributed by atoms with Gasteiger partial charge in [0.15, 0.2) is 5.78 Å². The van der Waals surface area contributed by atoms with Crippen molar-refractivity contribution in [3.05, 3.63) is 45.6 Å². The van der Waals surface area contributed by atoms with Crippen LogP contribution in [-0.2, 0) is 17.4 Å². The Morgan fingerprint density at radius 1 is 1.10 bits per heavy atom. The third-order valence-electron chi connectivity index (χ3n) is 5.73. The van der Waals surface area contributed by atoms with E-state index in [0.717, 1.165) is 29.5 Å². The Morgan fingerprint density at radius 2 is 1.87 bits per heavy atom. The molecule has 0 saturated carbocycles. The van der Waals surface area contributed by atoms with Crippen molar-refractivity contribution in [1.82, 2.24) is 4.90 Å². The van der Waals surface area contributed by atoms with Gasteiger partial charge in [-0.25, -0.2) is 0 Å². The molecule has 5 nitrogen and oxygen atoms in total. The summed E-state index contributed by atoms with van der Waals surface area (Å²) in [6.07, 6.45) is -1.85. The molecule has 1 aromatic heterocycles. The van der Waals surface area contributed by atoms with Crippen molar-refractivity contribution >= 4 is 34.4 Å². The molecule has 0 spiro atoms. The maximum atomic E-state index is 12.9. The fourth-order valence-electron chi connectivity index (χ4n) is 3.97. The van der Waals surface area contributed by atoms with Gasteiger partial charge in [0.25, 0.3) is 0 Å². The van der Waals surface area contributed by atoms with Crippen molar-refractivity contribution in [2.45, 2.75) is 31.9 Å². The summed E-state index contributed by atoms with van der Waals surface area (Å²) in [5, 5.41) is 2.87. The maximum Gasteiger partial charge on any atom is 0.416 e. The minimum absolute atomic E-state index is 0.00538. The summed E-state index contributed by atoms with van der Waals surface area (Å²) in [5.74, 6) is 0.0572. The number of amides is 1. The van der Waals surface area contributed by atoms with Crippen LogP contribution >= 0.6 is 11.3 Å². The number of fused-ring (bicyclic) bond motifs is 1. The van der Waals surface area contributed by atoms with Crippen LogP contribution in [0.2, 0.25) is 0 Å². The Labute approximate surface area is 182 Å². The van der Waals surface area contributed by atoms with E-state index < -0.39 is 11.7 Å². The summed E-state index contributed by atoms with van der Waals surface area (Å²) in [5.41, 5.74) is 0.710. The zero-order valence-electron chi connectivity index (χ0n) is 17.0. The molecule has 2 aliphatic heterocycles. The number of piperazine rings is 1. The summed E-state index contributed by atoms with van der Waals surface area (Å²) >= 11 is 1.46. The number of hydrogen-bond donors (Lipinski definition) is 1. The van der Waals surface area contributed by atoms with Gasteiger partial charge in [0.05, 0.1) is 16.1 Å². The number of rotatable bonds is 5. The SMILES string of the molecule is O=C1CCCc2sc(C(=O)CCN3CCN(c4cccc(C(F)(F)F)c4)CC3)cc2N1. The third-order valence-corrected chi connectivity index (χ3v) is 6.97. The molecule has 0 unspecified atom stereocenters. The van der Waals surface area contributed by atoms with Crippen molar-refractivity contribution in [1.29, 1.82) is 0 Å². The molecule has 0 bridgehead atoms. The van der Waals surface area contributed by atoms with Crippen LogP contribution in [0.4, 0.5) is 24.5 Å². The zero-order chi connectivity index (χ0) is 22.0. The summed E-state index contributed by atoms with van der Waals surface area (Å²) in [6, 6.07) is 7.21. The van der Waals surface area contributed by atoms with Gasteiger partial charge in [0.1, 0.15) is 0 Å². The van der Waals surface area contributed by atoms with E-state index in [1.807, 2.05) is 4.90 Å². The van der Waals surface area contributed by atoms with E-state index in [4.69, 9.17) is 0 Å². The Kier molecular flexibility index (Phi) is 6.34. The average Bonchev–Trinajstić information content (AvgIpc) is 3.06. The van der Waals surface area contributed by atoms with Gasteiger partial charge in [0.2, 0.25) is 5.91 Å². The molecule has 2 aliphatic rings. The fourth-order valence-corrected chi connectivity index (χ4v) is 5.10. The number of carbonyl (C=O) groups is 2. The molecule has 1 aromatic carbocycles. The number of alkyl halides is 3. The lowest BCUT2D eigenvalue weighted by molar-refractivity contribution is -0.137. The van der Waals surface area contributed by atoms with Gasteiger partial charge >= 0.3 is 6.18 Å². The molecule has 3 heterocycles. The van der Waals surface area contributed by atoms with Crippen LogP contribution in [0.25, 0.3) is 0 Å². The van der Waals surface area contributed by atoms with Crippen molar-refractivity contribution in [2.24, 2.45) is 0 Å². The minimum atomic E-state index is -4.35. The molecule has 2 aromatic rings. The lowest BCUT2D eigenvalue weighted by Gasteiger charge is -2.36. The molecule has 1 N–H and O–H groups in total. The largest absolute Gasteiger partial charge is 0.416 e. The highest BCUT2D eigenvalue weighted by Gasteiger charge is 2.31. The zero-order valence-corrected chi connectivity index (χ0v) is 17.8. The van der Waals surface area contributed by atoms with E-state index in [0.29, 0.717) is 56.1 Å². The molecule has 31 heavy (non-hydrogen) atoms. The monoisotopic (exact) mass is 451 g/mol. The Balaban J connectivity index is 1.29. The molecule has 1 amide bonds. The van der Waals surface area contributed by atoms with E-state index in [9.17, 15) is 22.8 Å². The number of aryl methyl sites for hydroxylation is 1. The summed E-state index contributed by atoms with van der Waals surface area (Å²) in [7, 11) is 0. The molecular weight excluding hydrogens is 427 g/mol. The number of nitrogens with one attached hydrogen (secondary N) is 1. The van der Waals surface area contributed by atoms with Crippen molar-refractivity contribution in [2.75, 3.05) is 42.9 Å². The fraction of sp³-hybridized carbons (Fsp3) is 0.455. The van der Waals surface area contributed by atoms with Gasteiger partial charge in [-0.2, -0.15) is 13.2 Å². The highest BCUT2D eigenvalue weighted by Crippen LogP contribution is 2.33. The van der Waals surface area contributed by atoms with Gasteiger partial charge in [-0.3, -0.25) is 14.5 Å². The van der Waals surface area contributed by atoms with Crippen LogP contribution in [0.3, 0.4) is 0 Å². The second-order valence-corrected chi connectivity index (χ2v) is 9.04. The lowest BCUT2D eigenvalue weighted by Crippen LogP contribution is -2.47. The highest BCUT2D eigenvalue weighted by molar-refractivity contribution is 7.14. The van der Waals surface area contributed by atoms with Crippen LogP contribution in [-0.4, -0.2) is 49.3 Å². The van der Waals surface area contributed by atoms with Gasteiger partial charge < -0.3 is 10.2 Å². The minimum Gasteiger partial charge on any atom is -0.369 e. The standard InChI is InChI=1S/C22H24F3N3O2S/c23-22(24,25)15-3-1-4-16(13-15)28-11-9-27(10-12-28)8-7-18(29)20-14-17-19(31-20)5-2-6-21(30)26-17/h1,3-4,13-14H,2,5-12H2,(H,26,30). The molecule has 166 valence electrons. The second kappa shape index (κ2) is 9.00. The molecular formula is C22H24F3N3O2S. The van der Waals surface area contributed by atoms with Crippen molar-refractivity contribution in [3.8, 4) is 0 Å². The molecule has 0 radical (unpaired) electrons. The number of anilines is 2. The van der Waals surface area contributed by atoms with Crippen LogP contribution in [0.15, 0.2) is 30.3 Å². The smallest absolute Gasteiger partial charge is 0.369 e. The quantitative estimate of drug-likeness (QED) is 0.683. The van der Waals surface area contributed by atoms with Crippen molar-refractivity contribution < 1.29 is 22.8 Å². The predicted molar refractivity (Wildman–Crippen MR) is 115 cm³/mol. The summed E-state index contributed by atoms with van der Waals surface area (Å²) in [6.45, 7) is 3.24. The number of nitrogens with zero attached hydrogens (tertiary/aromatic N) is 2. The number of hydrogen-bond acceptors (Lipinski definition) is 5. The number of ketones is 1. The van der Waals surface area contributed by atoms with E-state index in [1.54, 1.807) is 12.1 Å². The Bertz CT molecular complexity index is 965. The van der Waals surface area contributed by atoms with Crippen molar-refractivity contribution in [3.63, 3.8) is 0 Å². The number of benzene rings is 1. The molecule has 0 atom stereocenters. The van der Waals surface area contributed by atoms with E-state index in [-0.39, 0.29) is 11.7 Å². The highest BCUT2D eigenvalue weighted by atomic mass is 32.1. The van der Waals surface area contributed by atoms with Crippen LogP contribution in [0.5, 0.6) is 0 Å². The molecule has 0 aliphatic carbocycles. The maximum absolute atomic E-state index is 12.9. The molecule has 9 heteroatoms. The third kappa shape index (κ3) is 5.27. The number of halogens is 3. The van der Waals surface area contributed by atoms with Crippen LogP contribution in [0.1, 0.15) is 39.4 Å². The molecule has 1 fully saturated rings. The predicted octanol–water partition coefficient (Wildman–Crippen LogP) is 4.44. The van der Waals surface area contributed by atoms with E-state index in [2.05, 4.69) is 10.2 Å². The Hall–Kier alpha value is -2.39. The van der Waals surface area contributed by atoms with E-state index in [1.165, 1.54) is 23.5 Å². The summed E-state index contributed by atoms with van der Waals surface area (Å²) < 4.78 is 38.8. The number of carbonyl (C=O) groups excluding carboxylic acids is 2.